The molecule has 0 aliphatic heterocycles. The van der Waals surface area contributed by atoms with E-state index in [4.69, 9.17) is 4.74 Å². The minimum Gasteiger partial charge on any atom is -0.444 e. The number of carbonyl (C=O) groups excluding carboxylic acids is 1. The van der Waals surface area contributed by atoms with E-state index in [0.29, 0.717) is 5.92 Å². The van der Waals surface area contributed by atoms with Crippen LogP contribution in [0.1, 0.15) is 58.2 Å². The highest BCUT2D eigenvalue weighted by Crippen LogP contribution is 2.27. The number of hydrogen-bond acceptors (Lipinski definition) is 5. The SMILES string of the molecule is Cc1nc(C(C)NCC2CC(NC(=O)OC(C)(C)C)C2)n[nH]1. The van der Waals surface area contributed by atoms with E-state index in [9.17, 15) is 4.79 Å². The van der Waals surface area contributed by atoms with Crippen LogP contribution in [0.2, 0.25) is 0 Å². The van der Waals surface area contributed by atoms with Crippen molar-refractivity contribution in [2.24, 2.45) is 5.92 Å². The normalized spacial score (nSPS) is 22.8. The highest BCUT2D eigenvalue weighted by molar-refractivity contribution is 5.68. The number of amides is 1. The van der Waals surface area contributed by atoms with Gasteiger partial charge in [-0.2, -0.15) is 5.10 Å². The van der Waals surface area contributed by atoms with Crippen LogP contribution >= 0.6 is 0 Å². The number of ether oxygens (including phenoxy) is 1. The van der Waals surface area contributed by atoms with Crippen LogP contribution in [-0.2, 0) is 4.74 Å². The summed E-state index contributed by atoms with van der Waals surface area (Å²) in [7, 11) is 0. The molecule has 1 unspecified atom stereocenters. The Kier molecular flexibility index (Phi) is 5.05. The van der Waals surface area contributed by atoms with Gasteiger partial charge in [-0.05, 0) is 59.9 Å². The number of carbonyl (C=O) groups is 1. The van der Waals surface area contributed by atoms with Crippen LogP contribution in [0.15, 0.2) is 0 Å². The number of H-pyrrole nitrogens is 1. The first kappa shape index (κ1) is 16.7. The van der Waals surface area contributed by atoms with Gasteiger partial charge in [-0.25, -0.2) is 9.78 Å². The van der Waals surface area contributed by atoms with Gasteiger partial charge >= 0.3 is 6.09 Å². The molecule has 22 heavy (non-hydrogen) atoms. The summed E-state index contributed by atoms with van der Waals surface area (Å²) >= 11 is 0. The van der Waals surface area contributed by atoms with Gasteiger partial charge in [0.25, 0.3) is 0 Å². The zero-order valence-corrected chi connectivity index (χ0v) is 14.1. The molecule has 7 nitrogen and oxygen atoms in total. The molecule has 1 atom stereocenters. The summed E-state index contributed by atoms with van der Waals surface area (Å²) in [5.74, 6) is 2.19. The van der Waals surface area contributed by atoms with Crippen molar-refractivity contribution in [2.75, 3.05) is 6.54 Å². The number of alkyl carbamates (subject to hydrolysis) is 1. The third kappa shape index (κ3) is 4.98. The van der Waals surface area contributed by atoms with Gasteiger partial charge in [0.15, 0.2) is 5.82 Å². The van der Waals surface area contributed by atoms with Gasteiger partial charge in [-0.1, -0.05) is 0 Å². The number of aromatic nitrogens is 3. The number of aryl methyl sites for hydroxylation is 1. The summed E-state index contributed by atoms with van der Waals surface area (Å²) in [5.41, 5.74) is -0.446. The van der Waals surface area contributed by atoms with Crippen molar-refractivity contribution < 1.29 is 9.53 Å². The van der Waals surface area contributed by atoms with E-state index < -0.39 is 5.60 Å². The second kappa shape index (κ2) is 6.64. The first-order chi connectivity index (χ1) is 10.2. The average molecular weight is 309 g/mol. The van der Waals surface area contributed by atoms with E-state index in [0.717, 1.165) is 31.0 Å². The fraction of sp³-hybridized carbons (Fsp3) is 0.800. The fourth-order valence-corrected chi connectivity index (χ4v) is 2.48. The van der Waals surface area contributed by atoms with Crippen LogP contribution in [0.3, 0.4) is 0 Å². The minimum atomic E-state index is -0.446. The summed E-state index contributed by atoms with van der Waals surface area (Å²) in [6, 6.07) is 0.352. The molecular weight excluding hydrogens is 282 g/mol. The van der Waals surface area contributed by atoms with Crippen molar-refractivity contribution in [3.8, 4) is 0 Å². The Bertz CT molecular complexity index is 502. The highest BCUT2D eigenvalue weighted by atomic mass is 16.6. The lowest BCUT2D eigenvalue weighted by atomic mass is 9.80. The number of rotatable bonds is 5. The molecular formula is C15H27N5O2. The standard InChI is InChI=1S/C15H27N5O2/c1-9(13-17-10(2)19-20-13)16-8-11-6-12(7-11)18-14(21)22-15(3,4)5/h9,11-12,16H,6-8H2,1-5H3,(H,18,21)(H,17,19,20). The maximum Gasteiger partial charge on any atom is 0.407 e. The number of hydrogen-bond donors (Lipinski definition) is 3. The molecule has 0 spiro atoms. The summed E-state index contributed by atoms with van der Waals surface area (Å²) in [6.07, 6.45) is 1.63. The third-order valence-electron chi connectivity index (χ3n) is 3.67. The van der Waals surface area contributed by atoms with Crippen molar-refractivity contribution in [1.82, 2.24) is 25.8 Å². The second-order valence-electron chi connectivity index (χ2n) is 7.09. The molecule has 0 aromatic carbocycles. The number of nitrogens with zero attached hydrogens (tertiary/aromatic N) is 2. The van der Waals surface area contributed by atoms with E-state index >= 15 is 0 Å². The summed E-state index contributed by atoms with van der Waals surface area (Å²) in [4.78, 5) is 16.0. The fourth-order valence-electron chi connectivity index (χ4n) is 2.48. The topological polar surface area (TPSA) is 91.9 Å². The quantitative estimate of drug-likeness (QED) is 0.774. The van der Waals surface area contributed by atoms with Crippen LogP contribution in [0.25, 0.3) is 0 Å². The zero-order valence-electron chi connectivity index (χ0n) is 14.1. The maximum atomic E-state index is 11.7. The second-order valence-corrected chi connectivity index (χ2v) is 7.09. The Morgan fingerprint density at radius 3 is 2.68 bits per heavy atom. The lowest BCUT2D eigenvalue weighted by Gasteiger charge is -2.36. The smallest absolute Gasteiger partial charge is 0.407 e. The molecule has 1 aliphatic carbocycles. The molecule has 1 amide bonds. The van der Waals surface area contributed by atoms with Crippen molar-refractivity contribution in [3.05, 3.63) is 11.6 Å². The number of nitrogens with one attached hydrogen (secondary N) is 3. The predicted octanol–water partition coefficient (Wildman–Crippen LogP) is 2.07. The van der Waals surface area contributed by atoms with Crippen LogP contribution in [0.4, 0.5) is 4.79 Å². The van der Waals surface area contributed by atoms with Crippen LogP contribution < -0.4 is 10.6 Å². The van der Waals surface area contributed by atoms with Crippen molar-refractivity contribution in [1.29, 1.82) is 0 Å². The molecule has 124 valence electrons. The molecule has 0 bridgehead atoms. The van der Waals surface area contributed by atoms with E-state index in [2.05, 4.69) is 32.7 Å². The Balaban J connectivity index is 1.62. The molecule has 1 fully saturated rings. The molecule has 2 rings (SSSR count). The van der Waals surface area contributed by atoms with Gasteiger partial charge in [0, 0.05) is 6.04 Å². The summed E-state index contributed by atoms with van der Waals surface area (Å²) < 4.78 is 5.25. The average Bonchev–Trinajstić information content (AvgIpc) is 2.76. The molecule has 1 heterocycles. The molecule has 3 N–H and O–H groups in total. The van der Waals surface area contributed by atoms with Crippen LogP contribution in [-0.4, -0.2) is 39.5 Å². The highest BCUT2D eigenvalue weighted by Gasteiger charge is 2.31. The Hall–Kier alpha value is -1.63. The Labute approximate surface area is 131 Å². The third-order valence-corrected chi connectivity index (χ3v) is 3.67. The van der Waals surface area contributed by atoms with Crippen molar-refractivity contribution in [3.63, 3.8) is 0 Å². The predicted molar refractivity (Wildman–Crippen MR) is 83.4 cm³/mol. The van der Waals surface area contributed by atoms with Crippen LogP contribution in [0.5, 0.6) is 0 Å². The van der Waals surface area contributed by atoms with Crippen LogP contribution in [0, 0.1) is 12.8 Å². The van der Waals surface area contributed by atoms with Crippen molar-refractivity contribution >= 4 is 6.09 Å². The molecule has 7 heteroatoms. The summed E-state index contributed by atoms with van der Waals surface area (Å²) in [5, 5.41) is 13.3. The zero-order chi connectivity index (χ0) is 16.3. The van der Waals surface area contributed by atoms with Gasteiger partial charge in [0.1, 0.15) is 11.4 Å². The van der Waals surface area contributed by atoms with E-state index in [-0.39, 0.29) is 18.2 Å². The van der Waals surface area contributed by atoms with Gasteiger partial charge in [-0.15, -0.1) is 0 Å². The molecule has 1 aliphatic rings. The first-order valence-corrected chi connectivity index (χ1v) is 7.84. The lowest BCUT2D eigenvalue weighted by Crippen LogP contribution is -2.48. The maximum absolute atomic E-state index is 11.7. The van der Waals surface area contributed by atoms with Gasteiger partial charge in [-0.3, -0.25) is 5.10 Å². The number of aromatic amines is 1. The molecule has 0 saturated heterocycles. The molecule has 0 radical (unpaired) electrons. The molecule has 1 saturated carbocycles. The summed E-state index contributed by atoms with van der Waals surface area (Å²) in [6.45, 7) is 10.5. The Morgan fingerprint density at radius 2 is 2.14 bits per heavy atom. The van der Waals surface area contributed by atoms with E-state index in [1.54, 1.807) is 0 Å². The van der Waals surface area contributed by atoms with E-state index in [1.165, 1.54) is 0 Å². The van der Waals surface area contributed by atoms with Gasteiger partial charge in [0.05, 0.1) is 6.04 Å². The molecule has 1 aromatic rings. The minimum absolute atomic E-state index is 0.128. The largest absolute Gasteiger partial charge is 0.444 e. The monoisotopic (exact) mass is 309 g/mol. The van der Waals surface area contributed by atoms with Crippen molar-refractivity contribution in [2.45, 2.75) is 65.1 Å². The lowest BCUT2D eigenvalue weighted by molar-refractivity contribution is 0.0451. The van der Waals surface area contributed by atoms with Gasteiger partial charge < -0.3 is 15.4 Å². The first-order valence-electron chi connectivity index (χ1n) is 7.84. The van der Waals surface area contributed by atoms with E-state index in [1.807, 2.05) is 27.7 Å². The molecule has 1 aromatic heterocycles. The Morgan fingerprint density at radius 1 is 1.45 bits per heavy atom. The van der Waals surface area contributed by atoms with Gasteiger partial charge in [0.2, 0.25) is 0 Å².